The number of amides is 1. The highest BCUT2D eigenvalue weighted by atomic mass is 32.2. The summed E-state index contributed by atoms with van der Waals surface area (Å²) < 4.78 is 28.8. The van der Waals surface area contributed by atoms with Crippen molar-refractivity contribution in [1.82, 2.24) is 0 Å². The van der Waals surface area contributed by atoms with Crippen LogP contribution in [-0.4, -0.2) is 48.9 Å². The molecule has 0 bridgehead atoms. The summed E-state index contributed by atoms with van der Waals surface area (Å²) in [4.78, 5) is 26.4. The van der Waals surface area contributed by atoms with Crippen LogP contribution in [-0.2, 0) is 19.4 Å². The van der Waals surface area contributed by atoms with Crippen molar-refractivity contribution in [3.8, 4) is 11.5 Å². The van der Waals surface area contributed by atoms with Crippen molar-refractivity contribution in [3.05, 3.63) is 64.6 Å². The molecule has 1 aliphatic heterocycles. The molecule has 30 heavy (non-hydrogen) atoms. The second kappa shape index (κ2) is 8.19. The Balaban J connectivity index is 1.82. The molecular formula is C21H21NO7S. The smallest absolute Gasteiger partial charge is 0.342 e. The molecule has 2 aromatic rings. The maximum absolute atomic E-state index is 12.9. The molecule has 0 saturated heterocycles. The lowest BCUT2D eigenvalue weighted by Crippen LogP contribution is -2.43. The lowest BCUT2D eigenvalue weighted by Gasteiger charge is -2.28. The minimum absolute atomic E-state index is 0.207. The number of aromatic hydroxyl groups is 2. The first-order valence-corrected chi connectivity index (χ1v) is 10.8. The molecule has 2 N–H and O–H groups in total. The average molecular weight is 431 g/mol. The van der Waals surface area contributed by atoms with E-state index in [1.165, 1.54) is 23.1 Å². The Hall–Kier alpha value is -3.33. The number of phenols is 2. The van der Waals surface area contributed by atoms with Gasteiger partial charge in [0.15, 0.2) is 16.4 Å². The van der Waals surface area contributed by atoms with Crippen molar-refractivity contribution in [2.24, 2.45) is 0 Å². The predicted octanol–water partition coefficient (Wildman–Crippen LogP) is 2.22. The predicted molar refractivity (Wildman–Crippen MR) is 110 cm³/mol. The van der Waals surface area contributed by atoms with Crippen molar-refractivity contribution in [2.45, 2.75) is 19.9 Å². The molecule has 158 valence electrons. The van der Waals surface area contributed by atoms with Gasteiger partial charge in [0.05, 0.1) is 11.8 Å². The van der Waals surface area contributed by atoms with Crippen molar-refractivity contribution in [1.29, 1.82) is 0 Å². The lowest BCUT2D eigenvalue weighted by atomic mass is 10.1. The quantitative estimate of drug-likeness (QED) is 0.696. The van der Waals surface area contributed by atoms with E-state index >= 15 is 0 Å². The fourth-order valence-corrected chi connectivity index (χ4v) is 4.35. The van der Waals surface area contributed by atoms with Crippen molar-refractivity contribution in [2.75, 3.05) is 17.3 Å². The molecule has 1 unspecified atom stereocenters. The van der Waals surface area contributed by atoms with Crippen molar-refractivity contribution >= 4 is 27.4 Å². The fourth-order valence-electron chi connectivity index (χ4n) is 3.08. The van der Waals surface area contributed by atoms with Gasteiger partial charge in [-0.3, -0.25) is 4.79 Å². The first-order chi connectivity index (χ1) is 14.1. The van der Waals surface area contributed by atoms with Crippen LogP contribution in [0.2, 0.25) is 0 Å². The number of benzene rings is 2. The molecule has 1 heterocycles. The molecule has 2 aromatic carbocycles. The van der Waals surface area contributed by atoms with E-state index in [0.29, 0.717) is 5.69 Å². The van der Waals surface area contributed by atoms with E-state index in [1.807, 2.05) is 19.9 Å². The number of esters is 1. The number of anilines is 1. The highest BCUT2D eigenvalue weighted by Gasteiger charge is 2.32. The standard InChI is InChI=1S/C21H21NO7S/c1-13-3-4-15(9-14(13)2)22(16-7-8-30(27,28)12-16)20(25)11-29-21(26)18-6-5-17(23)10-19(18)24/h3-10,16,23-24H,11-12H2,1-2H3. The van der Waals surface area contributed by atoms with Gasteiger partial charge in [-0.15, -0.1) is 0 Å². The number of rotatable bonds is 5. The zero-order valence-corrected chi connectivity index (χ0v) is 17.2. The topological polar surface area (TPSA) is 121 Å². The van der Waals surface area contributed by atoms with E-state index < -0.39 is 40.1 Å². The van der Waals surface area contributed by atoms with Crippen LogP contribution in [0.15, 0.2) is 47.9 Å². The third-order valence-electron chi connectivity index (χ3n) is 4.81. The number of ether oxygens (including phenoxy) is 1. The minimum atomic E-state index is -3.42. The number of nitrogens with zero attached hydrogens (tertiary/aromatic N) is 1. The Morgan fingerprint density at radius 1 is 1.10 bits per heavy atom. The summed E-state index contributed by atoms with van der Waals surface area (Å²) in [7, 11) is -3.42. The highest BCUT2D eigenvalue weighted by molar-refractivity contribution is 7.94. The summed E-state index contributed by atoms with van der Waals surface area (Å²) in [5.41, 5.74) is 2.20. The van der Waals surface area contributed by atoms with Gasteiger partial charge in [0.25, 0.3) is 5.91 Å². The van der Waals surface area contributed by atoms with Gasteiger partial charge < -0.3 is 19.8 Å². The number of sulfone groups is 1. The third kappa shape index (κ3) is 4.62. The van der Waals surface area contributed by atoms with Gasteiger partial charge in [0, 0.05) is 17.2 Å². The molecule has 0 spiro atoms. The normalized spacial score (nSPS) is 16.9. The third-order valence-corrected chi connectivity index (χ3v) is 6.19. The van der Waals surface area contributed by atoms with Crippen LogP contribution >= 0.6 is 0 Å². The maximum Gasteiger partial charge on any atom is 0.342 e. The van der Waals surface area contributed by atoms with Crippen molar-refractivity contribution < 1.29 is 33.0 Å². The largest absolute Gasteiger partial charge is 0.508 e. The van der Waals surface area contributed by atoms with Gasteiger partial charge in [-0.1, -0.05) is 6.07 Å². The summed E-state index contributed by atoms with van der Waals surface area (Å²) in [5, 5.41) is 20.2. The zero-order valence-electron chi connectivity index (χ0n) is 16.4. The molecule has 9 heteroatoms. The lowest BCUT2D eigenvalue weighted by molar-refractivity contribution is -0.121. The van der Waals surface area contributed by atoms with Gasteiger partial charge in [0.2, 0.25) is 0 Å². The number of hydrogen-bond acceptors (Lipinski definition) is 7. The number of hydrogen-bond donors (Lipinski definition) is 2. The minimum Gasteiger partial charge on any atom is -0.508 e. The first kappa shape index (κ1) is 21.4. The van der Waals surface area contributed by atoms with Gasteiger partial charge in [-0.25, -0.2) is 13.2 Å². The van der Waals surface area contributed by atoms with Gasteiger partial charge >= 0.3 is 5.97 Å². The number of aryl methyl sites for hydroxylation is 2. The van der Waals surface area contributed by atoms with Crippen LogP contribution in [0, 0.1) is 13.8 Å². The molecule has 0 radical (unpaired) electrons. The molecule has 0 aliphatic carbocycles. The molecular weight excluding hydrogens is 410 g/mol. The number of phenolic OH excluding ortho intramolecular Hbond substituents is 2. The van der Waals surface area contributed by atoms with Crippen LogP contribution in [0.5, 0.6) is 11.5 Å². The Labute approximate surface area is 173 Å². The highest BCUT2D eigenvalue weighted by Crippen LogP contribution is 2.26. The number of carbonyl (C=O) groups excluding carboxylic acids is 2. The van der Waals surface area contributed by atoms with Crippen molar-refractivity contribution in [3.63, 3.8) is 0 Å². The second-order valence-corrected chi connectivity index (χ2v) is 8.97. The molecule has 3 rings (SSSR count). The van der Waals surface area contributed by atoms with Gasteiger partial charge in [-0.2, -0.15) is 0 Å². The van der Waals surface area contributed by atoms with E-state index in [9.17, 15) is 28.2 Å². The molecule has 8 nitrogen and oxygen atoms in total. The van der Waals surface area contributed by atoms with Crippen LogP contribution in [0.1, 0.15) is 21.5 Å². The summed E-state index contributed by atoms with van der Waals surface area (Å²) in [5.74, 6) is -2.54. The molecule has 0 aromatic heterocycles. The zero-order chi connectivity index (χ0) is 22.1. The molecule has 0 saturated carbocycles. The Morgan fingerprint density at radius 3 is 2.43 bits per heavy atom. The van der Waals surface area contributed by atoms with E-state index in [0.717, 1.165) is 22.6 Å². The number of carbonyl (C=O) groups is 2. The molecule has 0 fully saturated rings. The molecule has 1 amide bonds. The summed E-state index contributed by atoms with van der Waals surface area (Å²) in [6, 6.07) is 7.91. The van der Waals surface area contributed by atoms with E-state index in [2.05, 4.69) is 0 Å². The Morgan fingerprint density at radius 2 is 1.83 bits per heavy atom. The first-order valence-electron chi connectivity index (χ1n) is 9.07. The van der Waals surface area contributed by atoms with E-state index in [-0.39, 0.29) is 17.1 Å². The van der Waals surface area contributed by atoms with Crippen LogP contribution in [0.3, 0.4) is 0 Å². The summed E-state index contributed by atoms with van der Waals surface area (Å²) >= 11 is 0. The van der Waals surface area contributed by atoms with E-state index in [4.69, 9.17) is 4.74 Å². The second-order valence-electron chi connectivity index (χ2n) is 7.04. The monoisotopic (exact) mass is 431 g/mol. The van der Waals surface area contributed by atoms with Crippen LogP contribution < -0.4 is 4.90 Å². The molecule has 1 atom stereocenters. The van der Waals surface area contributed by atoms with Gasteiger partial charge in [-0.05, 0) is 55.3 Å². The van der Waals surface area contributed by atoms with Crippen LogP contribution in [0.4, 0.5) is 5.69 Å². The maximum atomic E-state index is 12.9. The van der Waals surface area contributed by atoms with Crippen LogP contribution in [0.25, 0.3) is 0 Å². The Kier molecular flexibility index (Phi) is 5.84. The van der Waals surface area contributed by atoms with Gasteiger partial charge in [0.1, 0.15) is 17.1 Å². The SMILES string of the molecule is Cc1ccc(N(C(=O)COC(=O)c2ccc(O)cc2O)C2C=CS(=O)(=O)C2)cc1C. The average Bonchev–Trinajstić information content (AvgIpc) is 3.02. The molecule has 1 aliphatic rings. The summed E-state index contributed by atoms with van der Waals surface area (Å²) in [6.45, 7) is 3.13. The summed E-state index contributed by atoms with van der Waals surface area (Å²) in [6.07, 6.45) is 1.43. The van der Waals surface area contributed by atoms with E-state index in [1.54, 1.807) is 12.1 Å². The Bertz CT molecular complexity index is 1140. The fraction of sp³-hybridized carbons (Fsp3) is 0.238.